The molecule has 0 radical (unpaired) electrons. The van der Waals surface area contributed by atoms with Crippen molar-refractivity contribution in [2.24, 2.45) is 0 Å². The van der Waals surface area contributed by atoms with Crippen LogP contribution in [0.4, 0.5) is 9.59 Å². The van der Waals surface area contributed by atoms with Gasteiger partial charge in [0.25, 0.3) is 0 Å². The molecule has 0 saturated heterocycles. The highest BCUT2D eigenvalue weighted by atomic mass is 79.9. The summed E-state index contributed by atoms with van der Waals surface area (Å²) in [4.78, 5) is 25.3. The van der Waals surface area contributed by atoms with Crippen LogP contribution in [0.25, 0.3) is 0 Å². The number of methoxy groups -OCH3 is 2. The van der Waals surface area contributed by atoms with Crippen molar-refractivity contribution >= 4 is 28.2 Å². The van der Waals surface area contributed by atoms with Crippen molar-refractivity contribution < 1.29 is 28.5 Å². The highest BCUT2D eigenvalue weighted by Crippen LogP contribution is 2.42. The molecule has 0 aromatic heterocycles. The summed E-state index contributed by atoms with van der Waals surface area (Å²) in [5.74, 6) is 0.00912. The SMILES string of the molecule is COC(=O)OC1=C(C)N(C)C(C)=C(OC(=O)OC)C1c1ccc(Br)cc1. The first kappa shape index (κ1) is 19.8. The molecule has 2 rings (SSSR count). The normalized spacial score (nSPS) is 15.1. The zero-order valence-electron chi connectivity index (χ0n) is 15.2. The van der Waals surface area contributed by atoms with Gasteiger partial charge >= 0.3 is 12.3 Å². The summed E-state index contributed by atoms with van der Waals surface area (Å²) in [5, 5.41) is 0. The molecule has 1 aromatic rings. The molecule has 0 N–H and O–H groups in total. The number of carbonyl (C=O) groups is 2. The van der Waals surface area contributed by atoms with Crippen LogP contribution in [0.5, 0.6) is 0 Å². The Morgan fingerprint density at radius 3 is 1.73 bits per heavy atom. The van der Waals surface area contributed by atoms with Crippen molar-refractivity contribution in [1.82, 2.24) is 4.90 Å². The fourth-order valence-corrected chi connectivity index (χ4v) is 2.87. The van der Waals surface area contributed by atoms with Crippen LogP contribution in [-0.4, -0.2) is 38.5 Å². The lowest BCUT2D eigenvalue weighted by Gasteiger charge is -2.35. The van der Waals surface area contributed by atoms with Gasteiger partial charge in [-0.1, -0.05) is 28.1 Å². The van der Waals surface area contributed by atoms with Gasteiger partial charge in [-0.05, 0) is 31.5 Å². The van der Waals surface area contributed by atoms with Gasteiger partial charge in [0.15, 0.2) is 0 Å². The van der Waals surface area contributed by atoms with Gasteiger partial charge in [0.2, 0.25) is 0 Å². The van der Waals surface area contributed by atoms with Crippen LogP contribution in [0.15, 0.2) is 51.7 Å². The standard InChI is InChI=1S/C18H20BrNO6/c1-10-15(25-17(21)23-4)14(12-6-8-13(19)9-7-12)16(11(2)20(10)3)26-18(22)24-5/h6-9,14H,1-5H3. The van der Waals surface area contributed by atoms with E-state index in [4.69, 9.17) is 9.47 Å². The molecule has 0 aliphatic carbocycles. The van der Waals surface area contributed by atoms with Gasteiger partial charge in [-0.15, -0.1) is 0 Å². The molecular formula is C18H20BrNO6. The predicted octanol–water partition coefficient (Wildman–Crippen LogP) is 4.51. The summed E-state index contributed by atoms with van der Waals surface area (Å²) in [7, 11) is 4.24. The molecular weight excluding hydrogens is 406 g/mol. The van der Waals surface area contributed by atoms with Crippen LogP contribution >= 0.6 is 15.9 Å². The minimum Gasteiger partial charge on any atom is -0.437 e. The smallest absolute Gasteiger partial charge is 0.437 e. The zero-order chi connectivity index (χ0) is 19.4. The maximum absolute atomic E-state index is 11.8. The van der Waals surface area contributed by atoms with E-state index in [1.807, 2.05) is 38.1 Å². The fraction of sp³-hybridized carbons (Fsp3) is 0.333. The monoisotopic (exact) mass is 425 g/mol. The van der Waals surface area contributed by atoms with E-state index in [1.165, 1.54) is 14.2 Å². The zero-order valence-corrected chi connectivity index (χ0v) is 16.7. The van der Waals surface area contributed by atoms with Crippen LogP contribution < -0.4 is 0 Å². The molecule has 26 heavy (non-hydrogen) atoms. The Kier molecular flexibility index (Phi) is 6.31. The molecule has 0 unspecified atom stereocenters. The Hall–Kier alpha value is -2.48. The topological polar surface area (TPSA) is 74.3 Å². The number of hydrogen-bond donors (Lipinski definition) is 0. The average Bonchev–Trinajstić information content (AvgIpc) is 2.64. The van der Waals surface area contributed by atoms with Crippen LogP contribution in [0.1, 0.15) is 25.3 Å². The van der Waals surface area contributed by atoms with E-state index in [0.717, 1.165) is 10.0 Å². The number of allylic oxidation sites excluding steroid dienone is 2. The van der Waals surface area contributed by atoms with Gasteiger partial charge in [0.05, 0.1) is 25.6 Å². The molecule has 0 fully saturated rings. The molecule has 1 aromatic carbocycles. The molecule has 0 bridgehead atoms. The summed E-state index contributed by atoms with van der Waals surface area (Å²) in [6, 6.07) is 7.40. The molecule has 0 spiro atoms. The summed E-state index contributed by atoms with van der Waals surface area (Å²) < 4.78 is 21.0. The Morgan fingerprint density at radius 2 is 1.35 bits per heavy atom. The molecule has 140 valence electrons. The number of hydrogen-bond acceptors (Lipinski definition) is 7. The Bertz CT molecular complexity index is 726. The molecule has 0 saturated carbocycles. The third-order valence-electron chi connectivity index (χ3n) is 4.17. The van der Waals surface area contributed by atoms with E-state index >= 15 is 0 Å². The lowest BCUT2D eigenvalue weighted by atomic mass is 9.90. The summed E-state index contributed by atoms with van der Waals surface area (Å²) in [6.45, 7) is 3.62. The van der Waals surface area contributed by atoms with E-state index in [-0.39, 0.29) is 0 Å². The maximum Gasteiger partial charge on any atom is 0.513 e. The van der Waals surface area contributed by atoms with Gasteiger partial charge in [-0.2, -0.15) is 0 Å². The van der Waals surface area contributed by atoms with Crippen LogP contribution in [0.3, 0.4) is 0 Å². The molecule has 0 atom stereocenters. The van der Waals surface area contributed by atoms with E-state index in [0.29, 0.717) is 22.9 Å². The number of benzene rings is 1. The summed E-state index contributed by atoms with van der Waals surface area (Å²) in [6.07, 6.45) is -1.71. The number of halogens is 1. The number of rotatable bonds is 3. The van der Waals surface area contributed by atoms with Crippen molar-refractivity contribution in [1.29, 1.82) is 0 Å². The molecule has 1 heterocycles. The minimum atomic E-state index is -0.855. The quantitative estimate of drug-likeness (QED) is 0.659. The number of carbonyl (C=O) groups excluding carboxylic acids is 2. The van der Waals surface area contributed by atoms with Crippen molar-refractivity contribution in [3.05, 3.63) is 57.2 Å². The first-order valence-electron chi connectivity index (χ1n) is 7.72. The van der Waals surface area contributed by atoms with Crippen molar-refractivity contribution in [3.63, 3.8) is 0 Å². The minimum absolute atomic E-state index is 0.311. The van der Waals surface area contributed by atoms with Gasteiger partial charge in [0, 0.05) is 11.5 Å². The van der Waals surface area contributed by atoms with Gasteiger partial charge < -0.3 is 23.8 Å². The van der Waals surface area contributed by atoms with Crippen molar-refractivity contribution in [3.8, 4) is 0 Å². The van der Waals surface area contributed by atoms with E-state index in [9.17, 15) is 9.59 Å². The largest absolute Gasteiger partial charge is 0.513 e. The first-order valence-corrected chi connectivity index (χ1v) is 8.51. The van der Waals surface area contributed by atoms with Crippen molar-refractivity contribution in [2.75, 3.05) is 21.3 Å². The number of ether oxygens (including phenoxy) is 4. The molecule has 7 nitrogen and oxygen atoms in total. The van der Waals surface area contributed by atoms with E-state index in [2.05, 4.69) is 25.4 Å². The molecule has 1 aliphatic rings. The second kappa shape index (κ2) is 8.27. The Morgan fingerprint density at radius 1 is 0.923 bits per heavy atom. The predicted molar refractivity (Wildman–Crippen MR) is 97.0 cm³/mol. The average molecular weight is 426 g/mol. The second-order valence-corrected chi connectivity index (χ2v) is 6.47. The number of nitrogens with zero attached hydrogens (tertiary/aromatic N) is 1. The van der Waals surface area contributed by atoms with Gasteiger partial charge in [0.1, 0.15) is 17.4 Å². The lowest BCUT2D eigenvalue weighted by molar-refractivity contribution is 0.0751. The highest BCUT2D eigenvalue weighted by Gasteiger charge is 2.37. The highest BCUT2D eigenvalue weighted by molar-refractivity contribution is 9.10. The Balaban J connectivity index is 2.61. The second-order valence-electron chi connectivity index (χ2n) is 5.56. The van der Waals surface area contributed by atoms with Crippen LogP contribution in [0.2, 0.25) is 0 Å². The van der Waals surface area contributed by atoms with E-state index in [1.54, 1.807) is 11.9 Å². The molecule has 8 heteroatoms. The summed E-state index contributed by atoms with van der Waals surface area (Å²) in [5.41, 5.74) is 2.16. The van der Waals surface area contributed by atoms with Gasteiger partial charge in [-0.25, -0.2) is 9.59 Å². The third-order valence-corrected chi connectivity index (χ3v) is 4.70. The third kappa shape index (κ3) is 4.01. The maximum atomic E-state index is 11.8. The lowest BCUT2D eigenvalue weighted by Crippen LogP contribution is -2.30. The summed E-state index contributed by atoms with van der Waals surface area (Å²) >= 11 is 3.39. The molecule has 1 aliphatic heterocycles. The van der Waals surface area contributed by atoms with Crippen molar-refractivity contribution in [2.45, 2.75) is 19.8 Å². The van der Waals surface area contributed by atoms with E-state index < -0.39 is 18.2 Å². The van der Waals surface area contributed by atoms with Crippen LogP contribution in [-0.2, 0) is 18.9 Å². The molecule has 0 amide bonds. The fourth-order valence-electron chi connectivity index (χ4n) is 2.61. The first-order chi connectivity index (χ1) is 12.3. The van der Waals surface area contributed by atoms with Crippen LogP contribution in [0, 0.1) is 0 Å². The van der Waals surface area contributed by atoms with Gasteiger partial charge in [-0.3, -0.25) is 0 Å². The Labute approximate surface area is 160 Å².